The maximum atomic E-state index is 12.6. The second-order valence-corrected chi connectivity index (χ2v) is 7.46. The molecule has 1 aliphatic rings. The van der Waals surface area contributed by atoms with Crippen LogP contribution in [0.2, 0.25) is 5.02 Å². The fourth-order valence-electron chi connectivity index (χ4n) is 2.99. The van der Waals surface area contributed by atoms with Crippen LogP contribution in [0.5, 0.6) is 0 Å². The zero-order chi connectivity index (χ0) is 18.0. The molecule has 2 atom stereocenters. The van der Waals surface area contributed by atoms with E-state index < -0.39 is 0 Å². The normalized spacial score (nSPS) is 18.3. The number of rotatable bonds is 4. The number of carbonyl (C=O) groups is 2. The lowest BCUT2D eigenvalue weighted by Gasteiger charge is -2.19. The molecular formula is C19H18BrClN2O2. The van der Waals surface area contributed by atoms with Crippen LogP contribution in [0.3, 0.4) is 0 Å². The Morgan fingerprint density at radius 1 is 1.24 bits per heavy atom. The summed E-state index contributed by atoms with van der Waals surface area (Å²) in [5.74, 6) is -0.519. The molecule has 2 amide bonds. The Labute approximate surface area is 160 Å². The number of anilines is 1. The molecule has 1 heterocycles. The van der Waals surface area contributed by atoms with Gasteiger partial charge in [-0.1, -0.05) is 45.7 Å². The summed E-state index contributed by atoms with van der Waals surface area (Å²) < 4.78 is 0.950. The van der Waals surface area contributed by atoms with Gasteiger partial charge in [0.15, 0.2) is 0 Å². The monoisotopic (exact) mass is 420 g/mol. The highest BCUT2D eigenvalue weighted by molar-refractivity contribution is 9.10. The van der Waals surface area contributed by atoms with Crippen LogP contribution in [-0.4, -0.2) is 18.4 Å². The molecule has 2 aromatic rings. The number of halogens is 2. The van der Waals surface area contributed by atoms with Crippen molar-refractivity contribution < 1.29 is 9.59 Å². The maximum absolute atomic E-state index is 12.6. The van der Waals surface area contributed by atoms with Gasteiger partial charge < -0.3 is 10.2 Å². The maximum Gasteiger partial charge on any atom is 0.227 e. The third kappa shape index (κ3) is 4.05. The summed E-state index contributed by atoms with van der Waals surface area (Å²) >= 11 is 9.56. The third-order valence-corrected chi connectivity index (χ3v) is 5.24. The van der Waals surface area contributed by atoms with E-state index >= 15 is 0 Å². The molecule has 0 saturated carbocycles. The lowest BCUT2D eigenvalue weighted by molar-refractivity contribution is -0.126. The molecule has 1 saturated heterocycles. The molecule has 0 aliphatic carbocycles. The minimum atomic E-state index is -0.360. The molecular weight excluding hydrogens is 404 g/mol. The Hall–Kier alpha value is -1.85. The van der Waals surface area contributed by atoms with Crippen molar-refractivity contribution in [3.63, 3.8) is 0 Å². The van der Waals surface area contributed by atoms with Gasteiger partial charge in [-0.25, -0.2) is 0 Å². The van der Waals surface area contributed by atoms with Crippen LogP contribution in [0.15, 0.2) is 53.0 Å². The van der Waals surface area contributed by atoms with E-state index in [2.05, 4.69) is 21.2 Å². The highest BCUT2D eigenvalue weighted by atomic mass is 79.9. The van der Waals surface area contributed by atoms with Crippen molar-refractivity contribution in [3.05, 3.63) is 63.6 Å². The van der Waals surface area contributed by atoms with Gasteiger partial charge in [0, 0.05) is 28.1 Å². The number of nitrogens with one attached hydrogen (secondary N) is 1. The van der Waals surface area contributed by atoms with E-state index in [0.29, 0.717) is 11.6 Å². The van der Waals surface area contributed by atoms with Crippen molar-refractivity contribution in [1.29, 1.82) is 0 Å². The predicted octanol–water partition coefficient (Wildman–Crippen LogP) is 4.33. The molecule has 1 N–H and O–H groups in total. The first-order valence-corrected chi connectivity index (χ1v) is 9.23. The smallest absolute Gasteiger partial charge is 0.227 e. The van der Waals surface area contributed by atoms with Crippen LogP contribution >= 0.6 is 27.5 Å². The number of nitrogens with zero attached hydrogens (tertiary/aromatic N) is 1. The van der Waals surface area contributed by atoms with Crippen molar-refractivity contribution in [2.75, 3.05) is 11.4 Å². The molecule has 1 fully saturated rings. The molecule has 130 valence electrons. The summed E-state index contributed by atoms with van der Waals surface area (Å²) in [6.07, 6.45) is 0.219. The van der Waals surface area contributed by atoms with Gasteiger partial charge in [-0.05, 0) is 42.8 Å². The molecule has 25 heavy (non-hydrogen) atoms. The lowest BCUT2D eigenvalue weighted by Crippen LogP contribution is -2.34. The highest BCUT2D eigenvalue weighted by Gasteiger charge is 2.35. The van der Waals surface area contributed by atoms with Crippen LogP contribution < -0.4 is 10.2 Å². The number of carbonyl (C=O) groups excluding carboxylic acids is 2. The molecule has 2 unspecified atom stereocenters. The zero-order valence-corrected chi connectivity index (χ0v) is 16.0. The van der Waals surface area contributed by atoms with Crippen LogP contribution in [-0.2, 0) is 9.59 Å². The Bertz CT molecular complexity index is 794. The van der Waals surface area contributed by atoms with Gasteiger partial charge in [-0.2, -0.15) is 0 Å². The topological polar surface area (TPSA) is 49.4 Å². The van der Waals surface area contributed by atoms with Crippen molar-refractivity contribution in [2.45, 2.75) is 19.4 Å². The molecule has 4 nitrogen and oxygen atoms in total. The molecule has 3 rings (SSSR count). The second-order valence-electron chi connectivity index (χ2n) is 6.13. The first kappa shape index (κ1) is 18.0. The van der Waals surface area contributed by atoms with Gasteiger partial charge >= 0.3 is 0 Å². The Morgan fingerprint density at radius 3 is 2.60 bits per heavy atom. The van der Waals surface area contributed by atoms with Crippen LogP contribution in [0, 0.1) is 5.92 Å². The summed E-state index contributed by atoms with van der Waals surface area (Å²) in [5, 5.41) is 3.59. The summed E-state index contributed by atoms with van der Waals surface area (Å²) in [6.45, 7) is 2.28. The predicted molar refractivity (Wildman–Crippen MR) is 103 cm³/mol. The fourth-order valence-corrected chi connectivity index (χ4v) is 3.55. The quantitative estimate of drug-likeness (QED) is 0.798. The Balaban J connectivity index is 1.66. The summed E-state index contributed by atoms with van der Waals surface area (Å²) in [6, 6.07) is 14.7. The average Bonchev–Trinajstić information content (AvgIpc) is 2.98. The van der Waals surface area contributed by atoms with E-state index in [-0.39, 0.29) is 30.2 Å². The minimum absolute atomic E-state index is 0.0344. The van der Waals surface area contributed by atoms with Crippen LogP contribution in [0.1, 0.15) is 24.9 Å². The third-order valence-electron chi connectivity index (χ3n) is 4.36. The van der Waals surface area contributed by atoms with Crippen molar-refractivity contribution in [3.8, 4) is 0 Å². The van der Waals surface area contributed by atoms with Crippen molar-refractivity contribution >= 4 is 45.0 Å². The average molecular weight is 422 g/mol. The van der Waals surface area contributed by atoms with E-state index in [1.54, 1.807) is 11.0 Å². The van der Waals surface area contributed by atoms with E-state index in [9.17, 15) is 9.59 Å². The number of amides is 2. The van der Waals surface area contributed by atoms with Gasteiger partial charge in [0.05, 0.1) is 12.0 Å². The van der Waals surface area contributed by atoms with Crippen molar-refractivity contribution in [1.82, 2.24) is 5.32 Å². The van der Waals surface area contributed by atoms with Gasteiger partial charge in [-0.15, -0.1) is 0 Å². The summed E-state index contributed by atoms with van der Waals surface area (Å²) in [7, 11) is 0. The van der Waals surface area contributed by atoms with Gasteiger partial charge in [0.25, 0.3) is 0 Å². The molecule has 2 aromatic carbocycles. The number of hydrogen-bond donors (Lipinski definition) is 1. The summed E-state index contributed by atoms with van der Waals surface area (Å²) in [4.78, 5) is 26.5. The first-order valence-electron chi connectivity index (χ1n) is 8.06. The largest absolute Gasteiger partial charge is 0.349 e. The van der Waals surface area contributed by atoms with Crippen LogP contribution in [0.25, 0.3) is 0 Å². The van der Waals surface area contributed by atoms with Gasteiger partial charge in [-0.3, -0.25) is 9.59 Å². The van der Waals surface area contributed by atoms with E-state index in [1.165, 1.54) is 0 Å². The zero-order valence-electron chi connectivity index (χ0n) is 13.7. The Kier molecular flexibility index (Phi) is 5.45. The number of benzene rings is 2. The SMILES string of the molecule is CC(NC(=O)C1CC(=O)N(c2ccc(Br)cc2)C1)c1ccccc1Cl. The molecule has 6 heteroatoms. The van der Waals surface area contributed by atoms with E-state index in [1.807, 2.05) is 49.4 Å². The van der Waals surface area contributed by atoms with E-state index in [4.69, 9.17) is 11.6 Å². The molecule has 0 bridgehead atoms. The molecule has 0 spiro atoms. The fraction of sp³-hybridized carbons (Fsp3) is 0.263. The number of hydrogen-bond acceptors (Lipinski definition) is 2. The minimum Gasteiger partial charge on any atom is -0.349 e. The molecule has 1 aliphatic heterocycles. The molecule has 0 radical (unpaired) electrons. The first-order chi connectivity index (χ1) is 12.0. The van der Waals surface area contributed by atoms with Crippen molar-refractivity contribution in [2.24, 2.45) is 5.92 Å². The Morgan fingerprint density at radius 2 is 1.92 bits per heavy atom. The van der Waals surface area contributed by atoms with Gasteiger partial charge in [0.2, 0.25) is 11.8 Å². The van der Waals surface area contributed by atoms with E-state index in [0.717, 1.165) is 15.7 Å². The van der Waals surface area contributed by atoms with Gasteiger partial charge in [0.1, 0.15) is 0 Å². The standard InChI is InChI=1S/C19H18BrClN2O2/c1-12(16-4-2-3-5-17(16)21)22-19(25)13-10-18(24)23(11-13)15-8-6-14(20)7-9-15/h2-9,12-13H,10-11H2,1H3,(H,22,25). The highest BCUT2D eigenvalue weighted by Crippen LogP contribution is 2.28. The van der Waals surface area contributed by atoms with Crippen LogP contribution in [0.4, 0.5) is 5.69 Å². The second kappa shape index (κ2) is 7.58. The molecule has 0 aromatic heterocycles. The lowest BCUT2D eigenvalue weighted by atomic mass is 10.0. The summed E-state index contributed by atoms with van der Waals surface area (Å²) in [5.41, 5.74) is 1.68.